The van der Waals surface area contributed by atoms with Crippen LogP contribution in [0.1, 0.15) is 30.9 Å². The summed E-state index contributed by atoms with van der Waals surface area (Å²) in [6.07, 6.45) is 3.48. The molecule has 28 heavy (non-hydrogen) atoms. The van der Waals surface area contributed by atoms with Crippen molar-refractivity contribution in [1.29, 1.82) is 0 Å². The molecule has 0 radical (unpaired) electrons. The van der Waals surface area contributed by atoms with Crippen molar-refractivity contribution >= 4 is 17.4 Å². The third-order valence-corrected chi connectivity index (χ3v) is 5.34. The highest BCUT2D eigenvalue weighted by Crippen LogP contribution is 2.28. The average molecular weight is 382 g/mol. The molecule has 2 aromatic rings. The second kappa shape index (κ2) is 9.49. The second-order valence-corrected chi connectivity index (χ2v) is 7.33. The molecule has 2 aromatic carbocycles. The van der Waals surface area contributed by atoms with E-state index in [9.17, 15) is 4.79 Å². The lowest BCUT2D eigenvalue weighted by Crippen LogP contribution is -2.50. The Morgan fingerprint density at radius 1 is 1.11 bits per heavy atom. The molecule has 0 saturated carbocycles. The third-order valence-electron chi connectivity index (χ3n) is 5.34. The van der Waals surface area contributed by atoms with Gasteiger partial charge in [-0.3, -0.25) is 0 Å². The van der Waals surface area contributed by atoms with E-state index < -0.39 is 0 Å². The number of carbonyl (C=O) groups excluding carboxylic acids is 1. The van der Waals surface area contributed by atoms with Crippen LogP contribution in [-0.2, 0) is 6.42 Å². The fourth-order valence-corrected chi connectivity index (χ4v) is 3.64. The standard InChI is InChI=1S/C23H31N3O2/c1-4-5-8-19-11-12-20(18(2)17-19)24-23(27)26-15-13-25(14-16-26)21-9-6-7-10-22(21)28-3/h6-7,9-12,17H,4-5,8,13-16H2,1-3H3,(H,24,27). The summed E-state index contributed by atoms with van der Waals surface area (Å²) in [6.45, 7) is 7.24. The van der Waals surface area contributed by atoms with Gasteiger partial charge in [-0.2, -0.15) is 0 Å². The van der Waals surface area contributed by atoms with Crippen LogP contribution in [-0.4, -0.2) is 44.2 Å². The Morgan fingerprint density at radius 2 is 1.86 bits per heavy atom. The first-order valence-electron chi connectivity index (χ1n) is 10.2. The average Bonchev–Trinajstić information content (AvgIpc) is 2.74. The van der Waals surface area contributed by atoms with Crippen LogP contribution < -0.4 is 15.0 Å². The molecule has 1 heterocycles. The maximum atomic E-state index is 12.7. The summed E-state index contributed by atoms with van der Waals surface area (Å²) in [6, 6.07) is 14.3. The van der Waals surface area contributed by atoms with Crippen LogP contribution in [0.25, 0.3) is 0 Å². The quantitative estimate of drug-likeness (QED) is 0.789. The number of nitrogens with zero attached hydrogens (tertiary/aromatic N) is 2. The van der Waals surface area contributed by atoms with E-state index in [0.29, 0.717) is 13.1 Å². The number of hydrogen-bond donors (Lipinski definition) is 1. The third kappa shape index (κ3) is 4.77. The minimum atomic E-state index is -0.0240. The molecule has 0 spiro atoms. The number of aryl methyl sites for hydroxylation is 2. The minimum absolute atomic E-state index is 0.0240. The number of amides is 2. The van der Waals surface area contributed by atoms with Gasteiger partial charge in [0.05, 0.1) is 12.8 Å². The first kappa shape index (κ1) is 20.1. The number of piperazine rings is 1. The summed E-state index contributed by atoms with van der Waals surface area (Å²) in [5, 5.41) is 3.08. The van der Waals surface area contributed by atoms with Gasteiger partial charge in [0, 0.05) is 31.9 Å². The van der Waals surface area contributed by atoms with Crippen LogP contribution in [0, 0.1) is 6.92 Å². The number of methoxy groups -OCH3 is 1. The summed E-state index contributed by atoms with van der Waals surface area (Å²) in [4.78, 5) is 16.9. The molecule has 1 N–H and O–H groups in total. The van der Waals surface area contributed by atoms with Gasteiger partial charge in [0.1, 0.15) is 5.75 Å². The molecule has 3 rings (SSSR count). The van der Waals surface area contributed by atoms with Gasteiger partial charge in [-0.05, 0) is 49.1 Å². The van der Waals surface area contributed by atoms with Crippen molar-refractivity contribution in [1.82, 2.24) is 4.90 Å². The van der Waals surface area contributed by atoms with Crippen molar-refractivity contribution in [3.05, 3.63) is 53.6 Å². The molecule has 1 saturated heterocycles. The Bertz CT molecular complexity index is 798. The van der Waals surface area contributed by atoms with Gasteiger partial charge in [0.15, 0.2) is 0 Å². The van der Waals surface area contributed by atoms with E-state index in [4.69, 9.17) is 4.74 Å². The smallest absolute Gasteiger partial charge is 0.321 e. The molecule has 150 valence electrons. The number of anilines is 2. The number of unbranched alkanes of at least 4 members (excludes halogenated alkanes) is 1. The number of benzene rings is 2. The topological polar surface area (TPSA) is 44.8 Å². The fraction of sp³-hybridized carbons (Fsp3) is 0.435. The lowest BCUT2D eigenvalue weighted by Gasteiger charge is -2.36. The number of ether oxygens (including phenoxy) is 1. The van der Waals surface area contributed by atoms with Gasteiger partial charge in [0.2, 0.25) is 0 Å². The molecular formula is C23H31N3O2. The van der Waals surface area contributed by atoms with E-state index >= 15 is 0 Å². The maximum Gasteiger partial charge on any atom is 0.321 e. The van der Waals surface area contributed by atoms with Crippen molar-refractivity contribution in [2.75, 3.05) is 43.5 Å². The zero-order valence-corrected chi connectivity index (χ0v) is 17.2. The zero-order chi connectivity index (χ0) is 19.9. The Balaban J connectivity index is 1.57. The van der Waals surface area contributed by atoms with Crippen molar-refractivity contribution in [3.63, 3.8) is 0 Å². The van der Waals surface area contributed by atoms with Gasteiger partial charge in [-0.25, -0.2) is 4.79 Å². The summed E-state index contributed by atoms with van der Waals surface area (Å²) >= 11 is 0. The largest absolute Gasteiger partial charge is 0.495 e. The first-order valence-corrected chi connectivity index (χ1v) is 10.2. The van der Waals surface area contributed by atoms with Crippen LogP contribution in [0.15, 0.2) is 42.5 Å². The van der Waals surface area contributed by atoms with Gasteiger partial charge in [0.25, 0.3) is 0 Å². The molecule has 0 aromatic heterocycles. The second-order valence-electron chi connectivity index (χ2n) is 7.33. The van der Waals surface area contributed by atoms with E-state index in [1.807, 2.05) is 29.2 Å². The highest BCUT2D eigenvalue weighted by Gasteiger charge is 2.23. The highest BCUT2D eigenvalue weighted by molar-refractivity contribution is 5.90. The van der Waals surface area contributed by atoms with Gasteiger partial charge in [-0.15, -0.1) is 0 Å². The maximum absolute atomic E-state index is 12.7. The van der Waals surface area contributed by atoms with Crippen molar-refractivity contribution in [3.8, 4) is 5.75 Å². The summed E-state index contributed by atoms with van der Waals surface area (Å²) < 4.78 is 5.46. The van der Waals surface area contributed by atoms with Crippen molar-refractivity contribution in [2.24, 2.45) is 0 Å². The predicted octanol–water partition coefficient (Wildman–Crippen LogP) is 4.70. The summed E-state index contributed by atoms with van der Waals surface area (Å²) in [5.74, 6) is 0.874. The molecule has 1 aliphatic rings. The Kier molecular flexibility index (Phi) is 6.80. The lowest BCUT2D eigenvalue weighted by atomic mass is 10.0. The fourth-order valence-electron chi connectivity index (χ4n) is 3.64. The Morgan fingerprint density at radius 3 is 2.54 bits per heavy atom. The van der Waals surface area contributed by atoms with Gasteiger partial charge >= 0.3 is 6.03 Å². The van der Waals surface area contributed by atoms with E-state index in [-0.39, 0.29) is 6.03 Å². The zero-order valence-electron chi connectivity index (χ0n) is 17.2. The van der Waals surface area contributed by atoms with Gasteiger partial charge in [-0.1, -0.05) is 37.6 Å². The molecule has 1 aliphatic heterocycles. The molecule has 5 nitrogen and oxygen atoms in total. The molecular weight excluding hydrogens is 350 g/mol. The van der Waals surface area contributed by atoms with Crippen LogP contribution in [0.5, 0.6) is 5.75 Å². The Hall–Kier alpha value is -2.69. The predicted molar refractivity (Wildman–Crippen MR) is 116 cm³/mol. The minimum Gasteiger partial charge on any atom is -0.495 e. The molecule has 0 aliphatic carbocycles. The molecule has 0 bridgehead atoms. The first-order chi connectivity index (χ1) is 13.6. The molecule has 5 heteroatoms. The van der Waals surface area contributed by atoms with E-state index in [1.54, 1.807) is 7.11 Å². The van der Waals surface area contributed by atoms with Gasteiger partial charge < -0.3 is 19.9 Å². The summed E-state index contributed by atoms with van der Waals surface area (Å²) in [7, 11) is 1.69. The number of carbonyl (C=O) groups is 1. The Labute approximate surface area is 168 Å². The van der Waals surface area contributed by atoms with Crippen LogP contribution in [0.2, 0.25) is 0 Å². The number of rotatable bonds is 6. The summed E-state index contributed by atoms with van der Waals surface area (Å²) in [5.41, 5.74) is 4.44. The van der Waals surface area contributed by atoms with E-state index in [2.05, 4.69) is 42.3 Å². The lowest BCUT2D eigenvalue weighted by molar-refractivity contribution is 0.208. The normalized spacial score (nSPS) is 14.1. The number of hydrogen-bond acceptors (Lipinski definition) is 3. The highest BCUT2D eigenvalue weighted by atomic mass is 16.5. The van der Waals surface area contributed by atoms with E-state index in [1.165, 1.54) is 18.4 Å². The number of urea groups is 1. The van der Waals surface area contributed by atoms with Crippen LogP contribution in [0.4, 0.5) is 16.2 Å². The van der Waals surface area contributed by atoms with E-state index in [0.717, 1.165) is 42.2 Å². The van der Waals surface area contributed by atoms with Crippen molar-refractivity contribution < 1.29 is 9.53 Å². The monoisotopic (exact) mass is 381 g/mol. The molecule has 2 amide bonds. The number of para-hydroxylation sites is 2. The number of nitrogens with one attached hydrogen (secondary N) is 1. The van der Waals surface area contributed by atoms with Crippen LogP contribution in [0.3, 0.4) is 0 Å². The molecule has 0 atom stereocenters. The molecule has 1 fully saturated rings. The SMILES string of the molecule is CCCCc1ccc(NC(=O)N2CCN(c3ccccc3OC)CC2)c(C)c1. The van der Waals surface area contributed by atoms with Crippen LogP contribution >= 0.6 is 0 Å². The molecule has 0 unspecified atom stereocenters. The van der Waals surface area contributed by atoms with Crippen molar-refractivity contribution in [2.45, 2.75) is 33.1 Å².